The van der Waals surface area contributed by atoms with Gasteiger partial charge in [0, 0.05) is 5.56 Å². The summed E-state index contributed by atoms with van der Waals surface area (Å²) in [5, 5.41) is 12.0. The van der Waals surface area contributed by atoms with Crippen LogP contribution in [0.4, 0.5) is 8.78 Å². The lowest BCUT2D eigenvalue weighted by Crippen LogP contribution is -2.27. The predicted octanol–water partition coefficient (Wildman–Crippen LogP) is 4.07. The number of hydrogen-bond acceptors (Lipinski definition) is 3. The first-order valence-corrected chi connectivity index (χ1v) is 7.52. The molecule has 0 aliphatic rings. The summed E-state index contributed by atoms with van der Waals surface area (Å²) in [7, 11) is 0. The van der Waals surface area contributed by atoms with Crippen LogP contribution in [0.5, 0.6) is 5.75 Å². The van der Waals surface area contributed by atoms with Crippen LogP contribution in [0, 0.1) is 11.3 Å². The van der Waals surface area contributed by atoms with Gasteiger partial charge in [0.05, 0.1) is 6.04 Å². The molecule has 25 heavy (non-hydrogen) atoms. The van der Waals surface area contributed by atoms with E-state index < -0.39 is 12.5 Å². The Morgan fingerprint density at radius 1 is 1.16 bits per heavy atom. The molecule has 2 aromatic carbocycles. The minimum Gasteiger partial charge on any atom is -0.434 e. The maximum atomic E-state index is 12.5. The van der Waals surface area contributed by atoms with E-state index in [1.807, 2.05) is 30.3 Å². The lowest BCUT2D eigenvalue weighted by Gasteiger charge is -2.14. The van der Waals surface area contributed by atoms with Gasteiger partial charge in [0.15, 0.2) is 0 Å². The van der Waals surface area contributed by atoms with Crippen molar-refractivity contribution in [2.75, 3.05) is 0 Å². The molecule has 0 heterocycles. The van der Waals surface area contributed by atoms with Crippen molar-refractivity contribution in [3.63, 3.8) is 0 Å². The zero-order valence-electron chi connectivity index (χ0n) is 13.4. The highest BCUT2D eigenvalue weighted by Gasteiger charge is 2.15. The van der Waals surface area contributed by atoms with Gasteiger partial charge in [0.25, 0.3) is 5.91 Å². The van der Waals surface area contributed by atoms with E-state index in [1.54, 1.807) is 19.1 Å². The molecule has 0 spiro atoms. The van der Waals surface area contributed by atoms with Gasteiger partial charge >= 0.3 is 6.61 Å². The van der Waals surface area contributed by atoms with E-state index in [-0.39, 0.29) is 22.9 Å². The second-order valence-corrected chi connectivity index (χ2v) is 5.19. The van der Waals surface area contributed by atoms with Crippen molar-refractivity contribution in [3.05, 3.63) is 71.3 Å². The summed E-state index contributed by atoms with van der Waals surface area (Å²) < 4.78 is 29.3. The molecule has 1 amide bonds. The quantitative estimate of drug-likeness (QED) is 0.636. The third kappa shape index (κ3) is 5.15. The van der Waals surface area contributed by atoms with Gasteiger partial charge in [-0.1, -0.05) is 48.5 Å². The Bertz CT molecular complexity index is 799. The average molecular weight is 342 g/mol. The molecule has 128 valence electrons. The van der Waals surface area contributed by atoms with E-state index in [1.165, 1.54) is 24.3 Å². The van der Waals surface area contributed by atoms with Crippen molar-refractivity contribution in [2.45, 2.75) is 19.6 Å². The molecule has 0 aliphatic heterocycles. The Morgan fingerprint density at radius 3 is 2.44 bits per heavy atom. The van der Waals surface area contributed by atoms with Crippen LogP contribution < -0.4 is 10.1 Å². The fourth-order valence-electron chi connectivity index (χ4n) is 2.21. The van der Waals surface area contributed by atoms with Gasteiger partial charge in [0.1, 0.15) is 17.4 Å². The van der Waals surface area contributed by atoms with Gasteiger partial charge in [-0.15, -0.1) is 0 Å². The molecule has 0 bridgehead atoms. The van der Waals surface area contributed by atoms with Crippen LogP contribution in [-0.4, -0.2) is 12.5 Å². The molecule has 1 N–H and O–H groups in total. The molecular formula is C19H16F2N2O2. The number of rotatable bonds is 6. The van der Waals surface area contributed by atoms with E-state index in [0.717, 1.165) is 5.56 Å². The van der Waals surface area contributed by atoms with Gasteiger partial charge in [-0.25, -0.2) is 0 Å². The molecule has 1 atom stereocenters. The van der Waals surface area contributed by atoms with Crippen molar-refractivity contribution in [3.8, 4) is 11.8 Å². The molecule has 4 nitrogen and oxygen atoms in total. The Balaban J connectivity index is 2.20. The van der Waals surface area contributed by atoms with Crippen molar-refractivity contribution in [1.29, 1.82) is 5.26 Å². The summed E-state index contributed by atoms with van der Waals surface area (Å²) >= 11 is 0. The number of nitrogens with zero attached hydrogens (tertiary/aromatic N) is 1. The summed E-state index contributed by atoms with van der Waals surface area (Å²) in [4.78, 5) is 12.3. The fraction of sp³-hybridized carbons (Fsp3) is 0.158. The summed E-state index contributed by atoms with van der Waals surface area (Å²) in [5.41, 5.74) is 0.907. The molecule has 0 saturated carbocycles. The highest BCUT2D eigenvalue weighted by Crippen LogP contribution is 2.23. The van der Waals surface area contributed by atoms with E-state index in [0.29, 0.717) is 0 Å². The highest BCUT2D eigenvalue weighted by molar-refractivity contribution is 6.02. The Hall–Kier alpha value is -3.20. The van der Waals surface area contributed by atoms with Crippen molar-refractivity contribution in [2.24, 2.45) is 0 Å². The summed E-state index contributed by atoms with van der Waals surface area (Å²) in [6, 6.07) is 16.7. The molecule has 0 saturated heterocycles. The second-order valence-electron chi connectivity index (χ2n) is 5.19. The molecular weight excluding hydrogens is 326 g/mol. The number of alkyl halides is 2. The van der Waals surface area contributed by atoms with Gasteiger partial charge < -0.3 is 10.1 Å². The van der Waals surface area contributed by atoms with Crippen LogP contribution in [-0.2, 0) is 4.79 Å². The lowest BCUT2D eigenvalue weighted by molar-refractivity contribution is -0.117. The van der Waals surface area contributed by atoms with Crippen LogP contribution >= 0.6 is 0 Å². The number of hydrogen-bond donors (Lipinski definition) is 1. The van der Waals surface area contributed by atoms with Crippen LogP contribution in [0.2, 0.25) is 0 Å². The van der Waals surface area contributed by atoms with Crippen molar-refractivity contribution in [1.82, 2.24) is 5.32 Å². The number of amides is 1. The first-order chi connectivity index (χ1) is 12.0. The standard InChI is InChI=1S/C19H16F2N2O2/c1-13(14-7-3-2-4-8-14)23-18(24)16(12-22)11-15-9-5-6-10-17(15)25-19(20)21/h2-11,13,19H,1H3,(H,23,24)/b16-11+/t13-/m0/s1. The highest BCUT2D eigenvalue weighted by atomic mass is 19.3. The lowest BCUT2D eigenvalue weighted by atomic mass is 10.1. The zero-order chi connectivity index (χ0) is 18.2. The third-order valence-corrected chi connectivity index (χ3v) is 3.45. The van der Waals surface area contributed by atoms with E-state index in [9.17, 15) is 18.8 Å². The van der Waals surface area contributed by atoms with Crippen LogP contribution in [0.15, 0.2) is 60.2 Å². The van der Waals surface area contributed by atoms with E-state index in [2.05, 4.69) is 10.1 Å². The molecule has 0 fully saturated rings. The van der Waals surface area contributed by atoms with Crippen LogP contribution in [0.1, 0.15) is 24.1 Å². The smallest absolute Gasteiger partial charge is 0.387 e. The molecule has 0 radical (unpaired) electrons. The number of ether oxygens (including phenoxy) is 1. The first-order valence-electron chi connectivity index (χ1n) is 7.52. The number of benzene rings is 2. The fourth-order valence-corrected chi connectivity index (χ4v) is 2.21. The summed E-state index contributed by atoms with van der Waals surface area (Å²) in [5.74, 6) is -0.695. The topological polar surface area (TPSA) is 62.1 Å². The number of carbonyl (C=O) groups is 1. The van der Waals surface area contributed by atoms with Gasteiger partial charge in [-0.05, 0) is 24.6 Å². The van der Waals surface area contributed by atoms with Gasteiger partial charge in [0.2, 0.25) is 0 Å². The minimum absolute atomic E-state index is 0.103. The molecule has 2 rings (SSSR count). The van der Waals surface area contributed by atoms with Gasteiger partial charge in [-0.2, -0.15) is 14.0 Å². The number of para-hydroxylation sites is 1. The molecule has 6 heteroatoms. The Kier molecular flexibility index (Phi) is 6.24. The zero-order valence-corrected chi connectivity index (χ0v) is 13.4. The maximum absolute atomic E-state index is 12.5. The van der Waals surface area contributed by atoms with Crippen molar-refractivity contribution < 1.29 is 18.3 Å². The van der Waals surface area contributed by atoms with Gasteiger partial charge in [-0.3, -0.25) is 4.79 Å². The summed E-state index contributed by atoms with van der Waals surface area (Å²) in [6.07, 6.45) is 1.23. The normalized spacial score (nSPS) is 12.4. The SMILES string of the molecule is C[C@H](NC(=O)/C(C#N)=C/c1ccccc1OC(F)F)c1ccccc1. The number of nitrogens with one attached hydrogen (secondary N) is 1. The Morgan fingerprint density at radius 2 is 1.80 bits per heavy atom. The number of nitriles is 1. The summed E-state index contributed by atoms with van der Waals surface area (Å²) in [6.45, 7) is -1.21. The third-order valence-electron chi connectivity index (χ3n) is 3.45. The maximum Gasteiger partial charge on any atom is 0.387 e. The average Bonchev–Trinajstić information content (AvgIpc) is 2.61. The van der Waals surface area contributed by atoms with E-state index in [4.69, 9.17) is 0 Å². The predicted molar refractivity (Wildman–Crippen MR) is 89.7 cm³/mol. The first kappa shape index (κ1) is 18.1. The molecule has 0 unspecified atom stereocenters. The van der Waals surface area contributed by atoms with Crippen LogP contribution in [0.25, 0.3) is 6.08 Å². The molecule has 0 aliphatic carbocycles. The largest absolute Gasteiger partial charge is 0.434 e. The van der Waals surface area contributed by atoms with Crippen molar-refractivity contribution >= 4 is 12.0 Å². The number of carbonyl (C=O) groups excluding carboxylic acids is 1. The minimum atomic E-state index is -2.99. The molecule has 2 aromatic rings. The van der Waals surface area contributed by atoms with E-state index >= 15 is 0 Å². The number of halogens is 2. The molecule has 0 aromatic heterocycles. The monoisotopic (exact) mass is 342 g/mol. The second kappa shape index (κ2) is 8.60. The Labute approximate surface area is 144 Å². The van der Waals surface area contributed by atoms with Crippen LogP contribution in [0.3, 0.4) is 0 Å².